The number of hydrogen-bond donors (Lipinski definition) is 1. The topological polar surface area (TPSA) is 48.1 Å². The summed E-state index contributed by atoms with van der Waals surface area (Å²) in [7, 11) is 0. The second-order valence-electron chi connectivity index (χ2n) is 2.46. The number of rotatable bonds is 2. The van der Waals surface area contributed by atoms with Crippen molar-refractivity contribution in [3.63, 3.8) is 0 Å². The van der Waals surface area contributed by atoms with Crippen molar-refractivity contribution in [2.24, 2.45) is 5.73 Å². The lowest BCUT2D eigenvalue weighted by atomic mass is 10.3. The third kappa shape index (κ3) is 3.32. The largest absolute Gasteiger partial charge is 0.574 e. The van der Waals surface area contributed by atoms with Crippen molar-refractivity contribution in [1.29, 1.82) is 0 Å². The maximum absolute atomic E-state index is 11.9. The molecule has 1 aromatic heterocycles. The van der Waals surface area contributed by atoms with E-state index < -0.39 is 12.2 Å². The Hall–Kier alpha value is -0.340. The van der Waals surface area contributed by atoms with E-state index in [2.05, 4.69) is 41.6 Å². The highest BCUT2D eigenvalue weighted by Gasteiger charge is 2.33. The van der Waals surface area contributed by atoms with Crippen LogP contribution in [0, 0.1) is 0 Å². The molecule has 0 unspecified atom stereocenters. The molecule has 3 nitrogen and oxygen atoms in total. The lowest BCUT2D eigenvalue weighted by Gasteiger charge is -2.12. The summed E-state index contributed by atoms with van der Waals surface area (Å²) >= 11 is 6.06. The Morgan fingerprint density at radius 2 is 2.00 bits per heavy atom. The van der Waals surface area contributed by atoms with Crippen LogP contribution in [0.25, 0.3) is 0 Å². The van der Waals surface area contributed by atoms with Crippen LogP contribution < -0.4 is 10.5 Å². The predicted octanol–water partition coefficient (Wildman–Crippen LogP) is 2.96. The predicted molar refractivity (Wildman–Crippen MR) is 54.2 cm³/mol. The van der Waals surface area contributed by atoms with Gasteiger partial charge in [-0.05, 0) is 31.9 Å². The van der Waals surface area contributed by atoms with Gasteiger partial charge in [-0.15, -0.1) is 13.2 Å². The lowest BCUT2D eigenvalue weighted by Crippen LogP contribution is -2.18. The molecular weight excluding hydrogens is 345 g/mol. The standard InChI is InChI=1S/C7H5Br2F3N2O/c8-4-2-14-6(15-7(10,11)12)5(9)3(4)1-13/h2H,1,13H2. The summed E-state index contributed by atoms with van der Waals surface area (Å²) < 4.78 is 40.1. The highest BCUT2D eigenvalue weighted by Crippen LogP contribution is 2.34. The molecule has 0 amide bonds. The maximum atomic E-state index is 11.9. The zero-order valence-electron chi connectivity index (χ0n) is 7.11. The van der Waals surface area contributed by atoms with Gasteiger partial charge in [0.15, 0.2) is 0 Å². The van der Waals surface area contributed by atoms with E-state index in [0.717, 1.165) is 0 Å². The first kappa shape index (κ1) is 12.7. The second-order valence-corrected chi connectivity index (χ2v) is 4.10. The van der Waals surface area contributed by atoms with E-state index in [-0.39, 0.29) is 11.0 Å². The number of alkyl halides is 3. The normalized spacial score (nSPS) is 11.6. The lowest BCUT2D eigenvalue weighted by molar-refractivity contribution is -0.276. The van der Waals surface area contributed by atoms with Gasteiger partial charge in [-0.1, -0.05) is 0 Å². The molecule has 8 heteroatoms. The molecule has 0 radical (unpaired) electrons. The summed E-state index contributed by atoms with van der Waals surface area (Å²) in [5.41, 5.74) is 5.82. The molecule has 1 heterocycles. The highest BCUT2D eigenvalue weighted by molar-refractivity contribution is 9.11. The van der Waals surface area contributed by atoms with Crippen LogP contribution in [0.3, 0.4) is 0 Å². The van der Waals surface area contributed by atoms with E-state index in [4.69, 9.17) is 5.73 Å². The molecule has 0 saturated heterocycles. The first-order valence-electron chi connectivity index (χ1n) is 3.64. The van der Waals surface area contributed by atoms with E-state index in [1.807, 2.05) is 0 Å². The Morgan fingerprint density at radius 1 is 1.40 bits per heavy atom. The molecule has 0 aliphatic heterocycles. The van der Waals surface area contributed by atoms with E-state index in [1.54, 1.807) is 0 Å². The molecule has 1 aromatic rings. The number of aromatic nitrogens is 1. The summed E-state index contributed by atoms with van der Waals surface area (Å²) in [6.45, 7) is 0.0674. The number of nitrogens with two attached hydrogens (primary N) is 1. The third-order valence-corrected chi connectivity index (χ3v) is 2.95. The first-order valence-corrected chi connectivity index (χ1v) is 5.22. The van der Waals surface area contributed by atoms with Gasteiger partial charge in [-0.2, -0.15) is 0 Å². The van der Waals surface area contributed by atoms with Crippen molar-refractivity contribution in [3.05, 3.63) is 20.7 Å². The minimum atomic E-state index is -4.77. The van der Waals surface area contributed by atoms with Gasteiger partial charge in [-0.25, -0.2) is 4.98 Å². The van der Waals surface area contributed by atoms with Crippen molar-refractivity contribution < 1.29 is 17.9 Å². The summed E-state index contributed by atoms with van der Waals surface area (Å²) in [5, 5.41) is 0. The summed E-state index contributed by atoms with van der Waals surface area (Å²) in [6, 6.07) is 0. The van der Waals surface area contributed by atoms with Gasteiger partial charge in [-0.3, -0.25) is 0 Å². The van der Waals surface area contributed by atoms with Crippen LogP contribution in [0.1, 0.15) is 5.56 Å². The Bertz CT molecular complexity index is 370. The molecule has 2 N–H and O–H groups in total. The fraction of sp³-hybridized carbons (Fsp3) is 0.286. The molecule has 0 atom stereocenters. The monoisotopic (exact) mass is 348 g/mol. The molecule has 0 aliphatic carbocycles. The SMILES string of the molecule is NCc1c(Br)cnc(OC(F)(F)F)c1Br. The van der Waals surface area contributed by atoms with Crippen LogP contribution >= 0.6 is 31.9 Å². The second kappa shape index (κ2) is 4.67. The van der Waals surface area contributed by atoms with Crippen LogP contribution in [-0.2, 0) is 6.54 Å². The van der Waals surface area contributed by atoms with Crippen LogP contribution in [0.5, 0.6) is 5.88 Å². The molecule has 0 saturated carbocycles. The molecular formula is C7H5Br2F3N2O. The van der Waals surface area contributed by atoms with Gasteiger partial charge in [0.2, 0.25) is 5.88 Å². The van der Waals surface area contributed by atoms with Crippen molar-refractivity contribution in [2.75, 3.05) is 0 Å². The summed E-state index contributed by atoms with van der Waals surface area (Å²) in [6.07, 6.45) is -3.57. The quantitative estimate of drug-likeness (QED) is 0.893. The molecule has 0 fully saturated rings. The smallest absolute Gasteiger partial charge is 0.387 e. The Labute approximate surface area is 100 Å². The average Bonchev–Trinajstić information content (AvgIpc) is 2.09. The van der Waals surface area contributed by atoms with Crippen LogP contribution in [-0.4, -0.2) is 11.3 Å². The summed E-state index contributed by atoms with van der Waals surface area (Å²) in [4.78, 5) is 3.48. The number of pyridine rings is 1. The number of ether oxygens (including phenoxy) is 1. The zero-order valence-corrected chi connectivity index (χ0v) is 10.3. The van der Waals surface area contributed by atoms with Gasteiger partial charge in [0, 0.05) is 22.8 Å². The first-order chi connectivity index (χ1) is 6.85. The number of hydrogen-bond acceptors (Lipinski definition) is 3. The van der Waals surface area contributed by atoms with E-state index in [1.165, 1.54) is 6.20 Å². The van der Waals surface area contributed by atoms with Gasteiger partial charge >= 0.3 is 6.36 Å². The molecule has 0 spiro atoms. The highest BCUT2D eigenvalue weighted by atomic mass is 79.9. The number of nitrogens with zero attached hydrogens (tertiary/aromatic N) is 1. The molecule has 84 valence electrons. The third-order valence-electron chi connectivity index (χ3n) is 1.45. The molecule has 0 aliphatic rings. The minimum Gasteiger partial charge on any atom is -0.387 e. The molecule has 15 heavy (non-hydrogen) atoms. The van der Waals surface area contributed by atoms with E-state index in [9.17, 15) is 13.2 Å². The van der Waals surface area contributed by atoms with Crippen LogP contribution in [0.4, 0.5) is 13.2 Å². The molecule has 1 rings (SSSR count). The maximum Gasteiger partial charge on any atom is 0.574 e. The molecule has 0 bridgehead atoms. The Morgan fingerprint density at radius 3 is 2.47 bits per heavy atom. The Balaban J connectivity index is 3.11. The van der Waals surface area contributed by atoms with Crippen molar-refractivity contribution in [2.45, 2.75) is 12.9 Å². The van der Waals surface area contributed by atoms with Gasteiger partial charge < -0.3 is 10.5 Å². The fourth-order valence-corrected chi connectivity index (χ4v) is 2.14. The fourth-order valence-electron chi connectivity index (χ4n) is 0.852. The van der Waals surface area contributed by atoms with Crippen LogP contribution in [0.2, 0.25) is 0 Å². The average molecular weight is 350 g/mol. The van der Waals surface area contributed by atoms with E-state index in [0.29, 0.717) is 10.0 Å². The Kier molecular flexibility index (Phi) is 3.96. The molecule has 0 aromatic carbocycles. The van der Waals surface area contributed by atoms with Crippen molar-refractivity contribution >= 4 is 31.9 Å². The van der Waals surface area contributed by atoms with Gasteiger partial charge in [0.25, 0.3) is 0 Å². The van der Waals surface area contributed by atoms with E-state index >= 15 is 0 Å². The minimum absolute atomic E-state index is 0.0674. The van der Waals surface area contributed by atoms with Gasteiger partial charge in [0.05, 0.1) is 4.47 Å². The number of halogens is 5. The zero-order chi connectivity index (χ0) is 11.6. The van der Waals surface area contributed by atoms with Crippen molar-refractivity contribution in [3.8, 4) is 5.88 Å². The van der Waals surface area contributed by atoms with Gasteiger partial charge in [0.1, 0.15) is 0 Å². The van der Waals surface area contributed by atoms with Crippen LogP contribution in [0.15, 0.2) is 15.1 Å². The summed E-state index contributed by atoms with van der Waals surface area (Å²) in [5.74, 6) is -0.550. The van der Waals surface area contributed by atoms with Crippen molar-refractivity contribution in [1.82, 2.24) is 4.98 Å².